The van der Waals surface area contributed by atoms with Crippen molar-refractivity contribution in [3.63, 3.8) is 0 Å². The molecule has 0 saturated heterocycles. The van der Waals surface area contributed by atoms with Gasteiger partial charge in [0.2, 0.25) is 0 Å². The van der Waals surface area contributed by atoms with Crippen LogP contribution in [0.5, 0.6) is 0 Å². The lowest BCUT2D eigenvalue weighted by Crippen LogP contribution is -2.13. The molecule has 7 heavy (non-hydrogen) atoms. The molecule has 0 aromatic rings. The number of hydrogen-bond acceptors (Lipinski definition) is 3. The molecule has 0 rings (SSSR count). The molecule has 0 amide bonds. The van der Waals surface area contributed by atoms with Gasteiger partial charge in [0, 0.05) is 6.54 Å². The van der Waals surface area contributed by atoms with Gasteiger partial charge in [-0.1, -0.05) is 0 Å². The summed E-state index contributed by atoms with van der Waals surface area (Å²) >= 11 is 0. The van der Waals surface area contributed by atoms with Gasteiger partial charge in [-0.15, -0.1) is 0 Å². The monoisotopic (exact) mass is 101 g/mol. The smallest absolute Gasteiger partial charge is 0.0905 e. The third kappa shape index (κ3) is 5.30. The highest BCUT2D eigenvalue weighted by Gasteiger charge is 1.72. The molecular formula is C4H11N3. The van der Waals surface area contributed by atoms with Gasteiger partial charge < -0.3 is 16.8 Å². The van der Waals surface area contributed by atoms with E-state index in [1.165, 1.54) is 0 Å². The maximum Gasteiger partial charge on any atom is 0.0905 e. The Morgan fingerprint density at radius 2 is 2.29 bits per heavy atom. The van der Waals surface area contributed by atoms with E-state index in [0.29, 0.717) is 5.82 Å². The van der Waals surface area contributed by atoms with Crippen molar-refractivity contribution in [1.29, 1.82) is 0 Å². The van der Waals surface area contributed by atoms with E-state index < -0.39 is 0 Å². The van der Waals surface area contributed by atoms with Crippen molar-refractivity contribution in [2.75, 3.05) is 13.6 Å². The first-order valence-electron chi connectivity index (χ1n) is 2.13. The summed E-state index contributed by atoms with van der Waals surface area (Å²) in [5.74, 6) is 0.370. The topological polar surface area (TPSA) is 64.1 Å². The molecule has 0 aliphatic heterocycles. The molecule has 3 nitrogen and oxygen atoms in total. The van der Waals surface area contributed by atoms with Crippen LogP contribution in [0.25, 0.3) is 0 Å². The molecule has 0 spiro atoms. The fraction of sp³-hybridized carbons (Fsp3) is 0.500. The Morgan fingerprint density at radius 1 is 1.71 bits per heavy atom. The number of likely N-dealkylation sites (N-methyl/N-ethyl adjacent to an activating group) is 1. The standard InChI is InChI=1S/C4H11N3/c1-7-3-2-4(5)6/h2,7H,3,5-6H2,1H3. The van der Waals surface area contributed by atoms with E-state index in [2.05, 4.69) is 5.32 Å². The average Bonchev–Trinajstić information content (AvgIpc) is 1.61. The predicted octanol–water partition coefficient (Wildman–Crippen LogP) is -1.04. The lowest BCUT2D eigenvalue weighted by atomic mass is 10.5. The molecular weight excluding hydrogens is 90.1 g/mol. The van der Waals surface area contributed by atoms with Crippen LogP contribution in [-0.4, -0.2) is 13.6 Å². The Labute approximate surface area is 43.4 Å². The molecule has 0 aromatic carbocycles. The van der Waals surface area contributed by atoms with E-state index in [4.69, 9.17) is 11.5 Å². The lowest BCUT2D eigenvalue weighted by Gasteiger charge is -1.88. The molecule has 5 N–H and O–H groups in total. The van der Waals surface area contributed by atoms with E-state index in [1.807, 2.05) is 7.05 Å². The number of nitrogens with two attached hydrogens (primary N) is 2. The molecule has 42 valence electrons. The molecule has 0 aliphatic rings. The molecule has 0 aliphatic carbocycles. The zero-order chi connectivity index (χ0) is 5.70. The highest BCUT2D eigenvalue weighted by molar-refractivity contribution is 4.90. The van der Waals surface area contributed by atoms with Crippen LogP contribution in [0.4, 0.5) is 0 Å². The van der Waals surface area contributed by atoms with Crippen molar-refractivity contribution in [3.05, 3.63) is 11.9 Å². The molecule has 3 heteroatoms. The highest BCUT2D eigenvalue weighted by atomic mass is 14.8. The molecule has 0 atom stereocenters. The summed E-state index contributed by atoms with van der Waals surface area (Å²) in [5, 5.41) is 2.86. The Balaban J connectivity index is 3.08. The van der Waals surface area contributed by atoms with Crippen LogP contribution in [0, 0.1) is 0 Å². The van der Waals surface area contributed by atoms with Crippen molar-refractivity contribution in [2.24, 2.45) is 11.5 Å². The minimum atomic E-state index is 0.370. The van der Waals surface area contributed by atoms with Crippen LogP contribution in [0.15, 0.2) is 11.9 Å². The number of rotatable bonds is 2. The van der Waals surface area contributed by atoms with Crippen molar-refractivity contribution in [3.8, 4) is 0 Å². The predicted molar refractivity (Wildman–Crippen MR) is 30.4 cm³/mol. The van der Waals surface area contributed by atoms with Gasteiger partial charge in [-0.05, 0) is 13.1 Å². The quantitative estimate of drug-likeness (QED) is 0.416. The molecule has 0 heterocycles. The summed E-state index contributed by atoms with van der Waals surface area (Å²) in [4.78, 5) is 0. The van der Waals surface area contributed by atoms with Gasteiger partial charge in [0.1, 0.15) is 0 Å². The van der Waals surface area contributed by atoms with Gasteiger partial charge in [-0.3, -0.25) is 0 Å². The number of hydrogen-bond donors (Lipinski definition) is 3. The summed E-state index contributed by atoms with van der Waals surface area (Å²) in [7, 11) is 1.83. The normalized spacial score (nSPS) is 8.14. The van der Waals surface area contributed by atoms with E-state index in [-0.39, 0.29) is 0 Å². The first kappa shape index (κ1) is 6.30. The SMILES string of the molecule is CNCC=C(N)N. The Bertz CT molecular complexity index is 63.3. The summed E-state index contributed by atoms with van der Waals surface area (Å²) in [6, 6.07) is 0. The van der Waals surface area contributed by atoms with Gasteiger partial charge in [0.25, 0.3) is 0 Å². The lowest BCUT2D eigenvalue weighted by molar-refractivity contribution is 0.908. The van der Waals surface area contributed by atoms with Crippen LogP contribution in [0.3, 0.4) is 0 Å². The maximum atomic E-state index is 5.08. The summed E-state index contributed by atoms with van der Waals surface area (Å²) in [6.45, 7) is 0.738. The molecule has 0 unspecified atom stereocenters. The van der Waals surface area contributed by atoms with Crippen molar-refractivity contribution < 1.29 is 0 Å². The summed E-state index contributed by atoms with van der Waals surface area (Å²) in [5.41, 5.74) is 10.2. The fourth-order valence-electron chi connectivity index (χ4n) is 0.220. The van der Waals surface area contributed by atoms with E-state index >= 15 is 0 Å². The Morgan fingerprint density at radius 3 is 2.43 bits per heavy atom. The van der Waals surface area contributed by atoms with Gasteiger partial charge >= 0.3 is 0 Å². The minimum Gasteiger partial charge on any atom is -0.386 e. The highest BCUT2D eigenvalue weighted by Crippen LogP contribution is 1.63. The van der Waals surface area contributed by atoms with Crippen molar-refractivity contribution in [1.82, 2.24) is 5.32 Å². The van der Waals surface area contributed by atoms with Gasteiger partial charge in [-0.25, -0.2) is 0 Å². The van der Waals surface area contributed by atoms with Crippen LogP contribution < -0.4 is 16.8 Å². The maximum absolute atomic E-state index is 5.08. The zero-order valence-electron chi connectivity index (χ0n) is 4.44. The third-order valence-electron chi connectivity index (χ3n) is 0.542. The van der Waals surface area contributed by atoms with Gasteiger partial charge in [-0.2, -0.15) is 0 Å². The van der Waals surface area contributed by atoms with Crippen molar-refractivity contribution in [2.45, 2.75) is 0 Å². The second-order valence-electron chi connectivity index (χ2n) is 1.26. The van der Waals surface area contributed by atoms with Gasteiger partial charge in [0.15, 0.2) is 0 Å². The first-order valence-corrected chi connectivity index (χ1v) is 2.13. The Kier molecular flexibility index (Phi) is 3.14. The van der Waals surface area contributed by atoms with Crippen molar-refractivity contribution >= 4 is 0 Å². The molecule has 0 bridgehead atoms. The second kappa shape index (κ2) is 3.49. The van der Waals surface area contributed by atoms with E-state index in [1.54, 1.807) is 6.08 Å². The van der Waals surface area contributed by atoms with Crippen LogP contribution in [-0.2, 0) is 0 Å². The third-order valence-corrected chi connectivity index (χ3v) is 0.542. The van der Waals surface area contributed by atoms with E-state index in [0.717, 1.165) is 6.54 Å². The Hall–Kier alpha value is -0.700. The average molecular weight is 101 g/mol. The summed E-state index contributed by atoms with van der Waals surface area (Å²) in [6.07, 6.45) is 1.71. The van der Waals surface area contributed by atoms with Gasteiger partial charge in [0.05, 0.1) is 5.82 Å². The first-order chi connectivity index (χ1) is 3.27. The van der Waals surface area contributed by atoms with E-state index in [9.17, 15) is 0 Å². The number of nitrogens with one attached hydrogen (secondary N) is 1. The largest absolute Gasteiger partial charge is 0.386 e. The zero-order valence-corrected chi connectivity index (χ0v) is 4.44. The molecule has 0 saturated carbocycles. The van der Waals surface area contributed by atoms with Crippen LogP contribution in [0.1, 0.15) is 0 Å². The minimum absolute atomic E-state index is 0.370. The fourth-order valence-corrected chi connectivity index (χ4v) is 0.220. The second-order valence-corrected chi connectivity index (χ2v) is 1.26. The van der Waals surface area contributed by atoms with Crippen LogP contribution >= 0.6 is 0 Å². The summed E-state index contributed by atoms with van der Waals surface area (Å²) < 4.78 is 0. The molecule has 0 radical (unpaired) electrons. The molecule has 0 fully saturated rings. The molecule has 0 aromatic heterocycles. The van der Waals surface area contributed by atoms with Crippen LogP contribution in [0.2, 0.25) is 0 Å².